The lowest BCUT2D eigenvalue weighted by Gasteiger charge is -2.12. The highest BCUT2D eigenvalue weighted by molar-refractivity contribution is 5.70. The molecular weight excluding hydrogens is 343 g/mol. The van der Waals surface area contributed by atoms with Crippen molar-refractivity contribution in [2.75, 3.05) is 0 Å². The maximum atomic E-state index is 12.7. The van der Waals surface area contributed by atoms with E-state index in [9.17, 15) is 13.2 Å². The van der Waals surface area contributed by atoms with E-state index in [0.29, 0.717) is 12.1 Å². The topological polar surface area (TPSA) is 50.8 Å². The molecule has 26 heavy (non-hydrogen) atoms. The largest absolute Gasteiger partial charge is 0.573 e. The number of nitrogens with zero attached hydrogens (tertiary/aromatic N) is 3. The van der Waals surface area contributed by atoms with E-state index < -0.39 is 12.1 Å². The van der Waals surface area contributed by atoms with Crippen LogP contribution < -0.4 is 4.74 Å². The van der Waals surface area contributed by atoms with Gasteiger partial charge in [-0.15, -0.1) is 13.2 Å². The molecule has 0 N–H and O–H groups in total. The zero-order chi connectivity index (χ0) is 18.6. The fourth-order valence-corrected chi connectivity index (χ4v) is 2.55. The third kappa shape index (κ3) is 4.42. The van der Waals surface area contributed by atoms with Gasteiger partial charge in [0.2, 0.25) is 0 Å². The second-order valence-electron chi connectivity index (χ2n) is 5.60. The number of aromatic nitrogens is 2. The Morgan fingerprint density at radius 2 is 1.88 bits per heavy atom. The second-order valence-corrected chi connectivity index (χ2v) is 5.60. The maximum absolute atomic E-state index is 12.7. The molecule has 0 bridgehead atoms. The van der Waals surface area contributed by atoms with Crippen LogP contribution in [-0.2, 0) is 13.0 Å². The summed E-state index contributed by atoms with van der Waals surface area (Å²) in [5.74, 6) is -0.417. The quantitative estimate of drug-likeness (QED) is 0.672. The SMILES string of the molecule is N#Cc1ccc(-c2cnn(CCc3ccccc3)c2)c(OC(F)(F)F)c1. The Morgan fingerprint density at radius 3 is 2.58 bits per heavy atom. The van der Waals surface area contributed by atoms with E-state index in [1.54, 1.807) is 10.9 Å². The first-order valence-corrected chi connectivity index (χ1v) is 7.81. The normalized spacial score (nSPS) is 11.2. The van der Waals surface area contributed by atoms with Gasteiger partial charge in [0.25, 0.3) is 0 Å². The molecule has 0 aliphatic rings. The summed E-state index contributed by atoms with van der Waals surface area (Å²) in [5.41, 5.74) is 1.95. The molecule has 0 atom stereocenters. The van der Waals surface area contributed by atoms with Gasteiger partial charge in [-0.3, -0.25) is 4.68 Å². The van der Waals surface area contributed by atoms with Crippen LogP contribution in [0, 0.1) is 11.3 Å². The van der Waals surface area contributed by atoms with Crippen molar-refractivity contribution in [1.29, 1.82) is 5.26 Å². The lowest BCUT2D eigenvalue weighted by atomic mass is 10.1. The summed E-state index contributed by atoms with van der Waals surface area (Å²) in [7, 11) is 0. The highest BCUT2D eigenvalue weighted by Crippen LogP contribution is 2.34. The van der Waals surface area contributed by atoms with Crippen LogP contribution in [0.25, 0.3) is 11.1 Å². The first-order valence-electron chi connectivity index (χ1n) is 7.81. The van der Waals surface area contributed by atoms with Gasteiger partial charge in [-0.1, -0.05) is 30.3 Å². The van der Waals surface area contributed by atoms with Crippen LogP contribution in [0.2, 0.25) is 0 Å². The summed E-state index contributed by atoms with van der Waals surface area (Å²) in [6.45, 7) is 0.593. The lowest BCUT2D eigenvalue weighted by molar-refractivity contribution is -0.274. The highest BCUT2D eigenvalue weighted by atomic mass is 19.4. The number of hydrogen-bond donors (Lipinski definition) is 0. The van der Waals surface area contributed by atoms with E-state index in [1.165, 1.54) is 18.3 Å². The van der Waals surface area contributed by atoms with Gasteiger partial charge in [0.05, 0.1) is 17.8 Å². The summed E-state index contributed by atoms with van der Waals surface area (Å²) in [4.78, 5) is 0. The van der Waals surface area contributed by atoms with E-state index in [2.05, 4.69) is 9.84 Å². The Hall–Kier alpha value is -3.27. The van der Waals surface area contributed by atoms with Gasteiger partial charge >= 0.3 is 6.36 Å². The molecular formula is C19H14F3N3O. The van der Waals surface area contributed by atoms with Crippen LogP contribution in [0.4, 0.5) is 13.2 Å². The van der Waals surface area contributed by atoms with Crippen molar-refractivity contribution in [2.45, 2.75) is 19.3 Å². The molecule has 0 saturated heterocycles. The fraction of sp³-hybridized carbons (Fsp3) is 0.158. The molecule has 3 rings (SSSR count). The summed E-state index contributed by atoms with van der Waals surface area (Å²) in [5, 5.41) is 13.1. The van der Waals surface area contributed by atoms with Crippen molar-refractivity contribution in [3.8, 4) is 22.9 Å². The van der Waals surface area contributed by atoms with E-state index >= 15 is 0 Å². The molecule has 0 fully saturated rings. The first kappa shape index (κ1) is 17.5. The van der Waals surface area contributed by atoms with E-state index in [1.807, 2.05) is 36.4 Å². The van der Waals surface area contributed by atoms with Crippen molar-refractivity contribution in [3.05, 3.63) is 72.1 Å². The summed E-state index contributed by atoms with van der Waals surface area (Å²) in [6, 6.07) is 15.6. The van der Waals surface area contributed by atoms with Crippen LogP contribution >= 0.6 is 0 Å². The monoisotopic (exact) mass is 357 g/mol. The zero-order valence-electron chi connectivity index (χ0n) is 13.6. The number of aryl methyl sites for hydroxylation is 2. The van der Waals surface area contributed by atoms with Crippen LogP contribution in [0.15, 0.2) is 60.9 Å². The van der Waals surface area contributed by atoms with Gasteiger partial charge < -0.3 is 4.74 Å². The third-order valence-electron chi connectivity index (χ3n) is 3.75. The molecule has 4 nitrogen and oxygen atoms in total. The lowest BCUT2D eigenvalue weighted by Crippen LogP contribution is -2.17. The molecule has 3 aromatic rings. The second kappa shape index (κ2) is 7.31. The third-order valence-corrected chi connectivity index (χ3v) is 3.75. The first-order chi connectivity index (χ1) is 12.4. The Balaban J connectivity index is 1.83. The average Bonchev–Trinajstić information content (AvgIpc) is 3.08. The predicted octanol–water partition coefficient (Wildman–Crippen LogP) is 4.56. The predicted molar refractivity (Wildman–Crippen MR) is 89.2 cm³/mol. The number of halogens is 3. The molecule has 1 heterocycles. The van der Waals surface area contributed by atoms with Crippen molar-refractivity contribution < 1.29 is 17.9 Å². The van der Waals surface area contributed by atoms with Crippen molar-refractivity contribution in [2.24, 2.45) is 0 Å². The number of hydrogen-bond acceptors (Lipinski definition) is 3. The molecule has 0 amide bonds. The van der Waals surface area contributed by atoms with Gasteiger partial charge in [-0.25, -0.2) is 0 Å². The molecule has 0 aliphatic heterocycles. The van der Waals surface area contributed by atoms with Gasteiger partial charge in [0.15, 0.2) is 0 Å². The summed E-state index contributed by atoms with van der Waals surface area (Å²) >= 11 is 0. The number of nitriles is 1. The molecule has 1 aromatic heterocycles. The van der Waals surface area contributed by atoms with Gasteiger partial charge in [-0.05, 0) is 30.2 Å². The number of ether oxygens (including phenoxy) is 1. The number of benzene rings is 2. The van der Waals surface area contributed by atoms with Crippen molar-refractivity contribution >= 4 is 0 Å². The molecule has 0 saturated carbocycles. The molecule has 0 spiro atoms. The Kier molecular flexibility index (Phi) is 4.94. The van der Waals surface area contributed by atoms with Crippen LogP contribution in [-0.4, -0.2) is 16.1 Å². The Labute approximate surface area is 148 Å². The van der Waals surface area contributed by atoms with E-state index in [4.69, 9.17) is 5.26 Å². The minimum absolute atomic E-state index is 0.0875. The van der Waals surface area contributed by atoms with Crippen molar-refractivity contribution in [3.63, 3.8) is 0 Å². The molecule has 2 aromatic carbocycles. The highest BCUT2D eigenvalue weighted by Gasteiger charge is 2.32. The molecule has 7 heteroatoms. The molecule has 0 unspecified atom stereocenters. The van der Waals surface area contributed by atoms with Gasteiger partial charge in [-0.2, -0.15) is 10.4 Å². The number of alkyl halides is 3. The van der Waals surface area contributed by atoms with E-state index in [-0.39, 0.29) is 11.1 Å². The van der Waals surface area contributed by atoms with E-state index in [0.717, 1.165) is 18.1 Å². The van der Waals surface area contributed by atoms with Crippen LogP contribution in [0.5, 0.6) is 5.75 Å². The fourth-order valence-electron chi connectivity index (χ4n) is 2.55. The molecule has 0 radical (unpaired) electrons. The Bertz CT molecular complexity index is 927. The smallest absolute Gasteiger partial charge is 0.405 e. The average molecular weight is 357 g/mol. The maximum Gasteiger partial charge on any atom is 0.573 e. The molecule has 132 valence electrons. The Morgan fingerprint density at radius 1 is 1.12 bits per heavy atom. The summed E-state index contributed by atoms with van der Waals surface area (Å²) in [6.07, 6.45) is -0.948. The zero-order valence-corrected chi connectivity index (χ0v) is 13.6. The minimum atomic E-state index is -4.84. The standard InChI is InChI=1S/C19H14F3N3O/c20-19(21,22)26-18-10-15(11-23)6-7-17(18)16-12-24-25(13-16)9-8-14-4-2-1-3-5-14/h1-7,10,12-13H,8-9H2. The van der Waals surface area contributed by atoms with Crippen LogP contribution in [0.3, 0.4) is 0 Å². The van der Waals surface area contributed by atoms with Crippen LogP contribution in [0.1, 0.15) is 11.1 Å². The van der Waals surface area contributed by atoms with Gasteiger partial charge in [0.1, 0.15) is 5.75 Å². The number of rotatable bonds is 5. The van der Waals surface area contributed by atoms with Crippen molar-refractivity contribution in [1.82, 2.24) is 9.78 Å². The minimum Gasteiger partial charge on any atom is -0.405 e. The molecule has 0 aliphatic carbocycles. The summed E-state index contributed by atoms with van der Waals surface area (Å²) < 4.78 is 43.7. The van der Waals surface area contributed by atoms with Gasteiger partial charge in [0, 0.05) is 23.9 Å².